The van der Waals surface area contributed by atoms with E-state index in [2.05, 4.69) is 20.3 Å². The number of aromatic hydroxyl groups is 1. The Morgan fingerprint density at radius 1 is 1.14 bits per heavy atom. The quantitative estimate of drug-likeness (QED) is 0.342. The minimum atomic E-state index is -1.16. The van der Waals surface area contributed by atoms with E-state index in [1.807, 2.05) is 34.9 Å². The monoisotopic (exact) mass is 497 g/mol. The minimum Gasteiger partial charge on any atom is -0.508 e. The number of aromatic nitrogens is 5. The van der Waals surface area contributed by atoms with Gasteiger partial charge in [0.15, 0.2) is 11.5 Å². The van der Waals surface area contributed by atoms with Gasteiger partial charge in [-0.25, -0.2) is 19.9 Å². The smallest absolute Gasteiger partial charge is 0.240 e. The standard InChI is InChI=1S/C26H20ClN7O2/c1-26(15-5-3-7-17(35)12-15)20-21(28)31-22(32-23(20)33-25(26)36)19-13-34-9-8-29-24(34)18(30-19)11-14-4-2-6-16(27)10-14/h2-10,12-13,35H,11H2,1H3,(H3,28,31,32,33,36)/t26-/m1/s1. The van der Waals surface area contributed by atoms with E-state index in [0.717, 1.165) is 11.3 Å². The molecule has 6 rings (SSSR count). The third kappa shape index (κ3) is 3.44. The third-order valence-electron chi connectivity index (χ3n) is 6.48. The Hall–Kier alpha value is -4.50. The maximum atomic E-state index is 13.1. The number of anilines is 2. The molecule has 4 N–H and O–H groups in total. The van der Waals surface area contributed by atoms with E-state index < -0.39 is 5.41 Å². The maximum Gasteiger partial charge on any atom is 0.240 e. The lowest BCUT2D eigenvalue weighted by Gasteiger charge is -2.23. The van der Waals surface area contributed by atoms with Crippen molar-refractivity contribution in [1.82, 2.24) is 24.3 Å². The zero-order valence-electron chi connectivity index (χ0n) is 19.1. The number of benzene rings is 2. The summed E-state index contributed by atoms with van der Waals surface area (Å²) in [6, 6.07) is 14.1. The van der Waals surface area contributed by atoms with Gasteiger partial charge in [0.25, 0.3) is 0 Å². The van der Waals surface area contributed by atoms with Gasteiger partial charge in [0, 0.05) is 30.0 Å². The number of amides is 1. The molecule has 0 saturated heterocycles. The topological polar surface area (TPSA) is 131 Å². The van der Waals surface area contributed by atoms with Gasteiger partial charge < -0.3 is 20.6 Å². The number of carbonyl (C=O) groups excluding carboxylic acids is 1. The highest BCUT2D eigenvalue weighted by Gasteiger charge is 2.47. The van der Waals surface area contributed by atoms with Crippen LogP contribution in [0, 0.1) is 0 Å². The average Bonchev–Trinajstić information content (AvgIpc) is 3.42. The van der Waals surface area contributed by atoms with Crippen molar-refractivity contribution in [3.05, 3.63) is 94.5 Å². The molecule has 5 aromatic rings. The lowest BCUT2D eigenvalue weighted by Crippen LogP contribution is -2.32. The predicted molar refractivity (Wildman–Crippen MR) is 136 cm³/mol. The minimum absolute atomic E-state index is 0.0520. The van der Waals surface area contributed by atoms with Gasteiger partial charge in [-0.15, -0.1) is 0 Å². The van der Waals surface area contributed by atoms with Crippen LogP contribution in [0.3, 0.4) is 0 Å². The number of nitrogen functional groups attached to an aromatic ring is 1. The largest absolute Gasteiger partial charge is 0.508 e. The van der Waals surface area contributed by atoms with Crippen molar-refractivity contribution < 1.29 is 9.90 Å². The maximum absolute atomic E-state index is 13.1. The van der Waals surface area contributed by atoms with Crippen molar-refractivity contribution >= 4 is 34.8 Å². The zero-order chi connectivity index (χ0) is 25.0. The first-order chi connectivity index (χ1) is 17.3. The molecular weight excluding hydrogens is 478 g/mol. The number of nitrogens with two attached hydrogens (primary N) is 1. The number of halogens is 1. The fourth-order valence-electron chi connectivity index (χ4n) is 4.68. The SMILES string of the molecule is C[C@]1(c2cccc(O)c2)C(=O)Nc2nc(-c3cn4ccnc4c(Cc4cccc(Cl)c4)n3)nc(N)c21. The number of phenols is 1. The summed E-state index contributed by atoms with van der Waals surface area (Å²) in [5.41, 5.74) is 9.21. The van der Waals surface area contributed by atoms with Gasteiger partial charge in [-0.2, -0.15) is 0 Å². The van der Waals surface area contributed by atoms with Crippen LogP contribution in [0.2, 0.25) is 5.02 Å². The molecule has 4 heterocycles. The molecule has 2 aromatic carbocycles. The molecule has 0 fully saturated rings. The van der Waals surface area contributed by atoms with E-state index in [0.29, 0.717) is 39.7 Å². The molecule has 36 heavy (non-hydrogen) atoms. The van der Waals surface area contributed by atoms with Crippen LogP contribution in [-0.4, -0.2) is 35.4 Å². The number of nitrogens with zero attached hydrogens (tertiary/aromatic N) is 5. The van der Waals surface area contributed by atoms with E-state index in [1.54, 1.807) is 43.6 Å². The first kappa shape index (κ1) is 22.0. The molecule has 0 spiro atoms. The molecule has 1 aliphatic rings. The van der Waals surface area contributed by atoms with Crippen molar-refractivity contribution in [2.24, 2.45) is 0 Å². The molecule has 0 unspecified atom stereocenters. The molecular formula is C26H20ClN7O2. The Bertz CT molecular complexity index is 1680. The van der Waals surface area contributed by atoms with Gasteiger partial charge in [-0.05, 0) is 42.3 Å². The molecule has 0 bridgehead atoms. The summed E-state index contributed by atoms with van der Waals surface area (Å²) < 4.78 is 1.85. The molecule has 1 atom stereocenters. The molecule has 3 aromatic heterocycles. The summed E-state index contributed by atoms with van der Waals surface area (Å²) >= 11 is 6.17. The molecule has 1 amide bonds. The first-order valence-corrected chi connectivity index (χ1v) is 11.6. The van der Waals surface area contributed by atoms with Gasteiger partial charge >= 0.3 is 0 Å². The second kappa shape index (κ2) is 8.03. The summed E-state index contributed by atoms with van der Waals surface area (Å²) in [5, 5.41) is 13.5. The van der Waals surface area contributed by atoms with Crippen LogP contribution in [0.25, 0.3) is 17.2 Å². The molecule has 0 aliphatic carbocycles. The van der Waals surface area contributed by atoms with Crippen LogP contribution >= 0.6 is 11.6 Å². The Morgan fingerprint density at radius 3 is 2.78 bits per heavy atom. The van der Waals surface area contributed by atoms with Gasteiger partial charge in [0.2, 0.25) is 5.91 Å². The van der Waals surface area contributed by atoms with Crippen LogP contribution in [-0.2, 0) is 16.6 Å². The Kier molecular flexibility index (Phi) is 4.90. The van der Waals surface area contributed by atoms with Crippen molar-refractivity contribution in [1.29, 1.82) is 0 Å². The molecule has 1 aliphatic heterocycles. The Morgan fingerprint density at radius 2 is 1.97 bits per heavy atom. The summed E-state index contributed by atoms with van der Waals surface area (Å²) in [4.78, 5) is 31.6. The number of hydrogen-bond acceptors (Lipinski definition) is 7. The van der Waals surface area contributed by atoms with Crippen LogP contribution in [0.1, 0.15) is 29.3 Å². The molecule has 178 valence electrons. The second-order valence-electron chi connectivity index (χ2n) is 8.82. The molecule has 9 nitrogen and oxygen atoms in total. The highest BCUT2D eigenvalue weighted by atomic mass is 35.5. The average molecular weight is 498 g/mol. The lowest BCUT2D eigenvalue weighted by molar-refractivity contribution is -0.119. The molecule has 0 saturated carbocycles. The van der Waals surface area contributed by atoms with Gasteiger partial charge in [-0.3, -0.25) is 4.79 Å². The summed E-state index contributed by atoms with van der Waals surface area (Å²) in [6.45, 7) is 1.74. The number of nitrogens with one attached hydrogen (secondary N) is 1. The summed E-state index contributed by atoms with van der Waals surface area (Å²) in [5.74, 6) is 0.493. The number of fused-ring (bicyclic) bond motifs is 2. The fraction of sp³-hybridized carbons (Fsp3) is 0.115. The van der Waals surface area contributed by atoms with Crippen molar-refractivity contribution in [2.75, 3.05) is 11.1 Å². The number of imidazole rings is 1. The highest BCUT2D eigenvalue weighted by molar-refractivity contribution is 6.30. The van der Waals surface area contributed by atoms with Gasteiger partial charge in [0.05, 0.1) is 11.3 Å². The molecule has 0 radical (unpaired) electrons. The van der Waals surface area contributed by atoms with Crippen molar-refractivity contribution in [3.63, 3.8) is 0 Å². The van der Waals surface area contributed by atoms with Crippen LogP contribution in [0.4, 0.5) is 11.6 Å². The van der Waals surface area contributed by atoms with E-state index in [9.17, 15) is 9.90 Å². The Balaban J connectivity index is 1.47. The van der Waals surface area contributed by atoms with Crippen molar-refractivity contribution in [2.45, 2.75) is 18.8 Å². The normalized spacial score (nSPS) is 16.8. The second-order valence-corrected chi connectivity index (χ2v) is 9.26. The zero-order valence-corrected chi connectivity index (χ0v) is 19.9. The van der Waals surface area contributed by atoms with E-state index in [1.165, 1.54) is 0 Å². The number of hydrogen-bond donors (Lipinski definition) is 3. The van der Waals surface area contributed by atoms with Gasteiger partial charge in [0.1, 0.15) is 28.5 Å². The van der Waals surface area contributed by atoms with Crippen LogP contribution < -0.4 is 11.1 Å². The van der Waals surface area contributed by atoms with Crippen LogP contribution in [0.5, 0.6) is 5.75 Å². The highest BCUT2D eigenvalue weighted by Crippen LogP contribution is 2.45. The van der Waals surface area contributed by atoms with E-state index in [4.69, 9.17) is 22.3 Å². The van der Waals surface area contributed by atoms with Gasteiger partial charge in [-0.1, -0.05) is 35.9 Å². The first-order valence-electron chi connectivity index (χ1n) is 11.2. The predicted octanol–water partition coefficient (Wildman–Crippen LogP) is 3.98. The molecule has 10 heteroatoms. The summed E-state index contributed by atoms with van der Waals surface area (Å²) in [6.07, 6.45) is 5.79. The van der Waals surface area contributed by atoms with E-state index in [-0.39, 0.29) is 23.3 Å². The van der Waals surface area contributed by atoms with Crippen molar-refractivity contribution in [3.8, 4) is 17.3 Å². The Labute approximate surface area is 210 Å². The van der Waals surface area contributed by atoms with Crippen LogP contribution in [0.15, 0.2) is 67.1 Å². The summed E-state index contributed by atoms with van der Waals surface area (Å²) in [7, 11) is 0. The van der Waals surface area contributed by atoms with E-state index >= 15 is 0 Å². The lowest BCUT2D eigenvalue weighted by atomic mass is 9.77. The third-order valence-corrected chi connectivity index (χ3v) is 6.71. The number of carbonyl (C=O) groups is 1. The fourth-order valence-corrected chi connectivity index (χ4v) is 4.89. The number of rotatable bonds is 4. The number of phenolic OH excluding ortho intramolecular Hbond substituents is 1.